The van der Waals surface area contributed by atoms with Gasteiger partial charge in [-0.1, -0.05) is 0 Å². The van der Waals surface area contributed by atoms with Gasteiger partial charge in [-0.3, -0.25) is 0 Å². The minimum atomic E-state index is 0.677. The second-order valence-electron chi connectivity index (χ2n) is 3.89. The first-order valence-electron chi connectivity index (χ1n) is 5.68. The first kappa shape index (κ1) is 12.0. The number of ether oxygens (including phenoxy) is 1. The lowest BCUT2D eigenvalue weighted by Crippen LogP contribution is -2.38. The number of nitrogens with zero attached hydrogens (tertiary/aromatic N) is 5. The van der Waals surface area contributed by atoms with E-state index in [4.69, 9.17) is 4.74 Å². The summed E-state index contributed by atoms with van der Waals surface area (Å²) in [5.74, 6) is 1.40. The van der Waals surface area contributed by atoms with Gasteiger partial charge in [0.1, 0.15) is 6.33 Å². The third-order valence-electron chi connectivity index (χ3n) is 2.58. The minimum absolute atomic E-state index is 0.677. The Morgan fingerprint density at radius 2 is 2.18 bits per heavy atom. The van der Waals surface area contributed by atoms with Gasteiger partial charge in [-0.05, 0) is 7.05 Å². The van der Waals surface area contributed by atoms with Crippen LogP contribution in [0.3, 0.4) is 0 Å². The highest BCUT2D eigenvalue weighted by molar-refractivity contribution is 5.37. The molecule has 0 bridgehead atoms. The largest absolute Gasteiger partial charge is 0.378 e. The first-order chi connectivity index (χ1) is 8.31. The van der Waals surface area contributed by atoms with E-state index in [0.29, 0.717) is 12.6 Å². The van der Waals surface area contributed by atoms with Gasteiger partial charge in [0.15, 0.2) is 0 Å². The van der Waals surface area contributed by atoms with E-state index >= 15 is 0 Å². The van der Waals surface area contributed by atoms with Gasteiger partial charge < -0.3 is 19.9 Å². The average Bonchev–Trinajstić information content (AvgIpc) is 2.40. The van der Waals surface area contributed by atoms with Gasteiger partial charge >= 0.3 is 0 Å². The number of hydrogen-bond acceptors (Lipinski definition) is 7. The smallest absolute Gasteiger partial charge is 0.230 e. The van der Waals surface area contributed by atoms with Crippen LogP contribution in [-0.2, 0) is 4.74 Å². The molecule has 1 aromatic heterocycles. The fraction of sp³-hybridized carbons (Fsp3) is 0.700. The molecule has 0 aromatic carbocycles. The van der Waals surface area contributed by atoms with Crippen LogP contribution in [0.2, 0.25) is 0 Å². The number of anilines is 2. The van der Waals surface area contributed by atoms with E-state index in [1.54, 1.807) is 6.33 Å². The molecular weight excluding hydrogens is 220 g/mol. The fourth-order valence-corrected chi connectivity index (χ4v) is 1.69. The molecule has 7 nitrogen and oxygen atoms in total. The Hall–Kier alpha value is -1.47. The van der Waals surface area contributed by atoms with E-state index in [1.165, 1.54) is 0 Å². The van der Waals surface area contributed by atoms with E-state index < -0.39 is 0 Å². The molecule has 0 unspecified atom stereocenters. The summed E-state index contributed by atoms with van der Waals surface area (Å²) in [5, 5.41) is 3.06. The molecule has 0 saturated carbocycles. The quantitative estimate of drug-likeness (QED) is 0.697. The maximum absolute atomic E-state index is 5.30. The van der Waals surface area contributed by atoms with Crippen LogP contribution < -0.4 is 15.1 Å². The molecule has 1 N–H and O–H groups in total. The zero-order valence-corrected chi connectivity index (χ0v) is 10.3. The Morgan fingerprint density at radius 3 is 2.88 bits per heavy atom. The summed E-state index contributed by atoms with van der Waals surface area (Å²) in [7, 11) is 3.83. The van der Waals surface area contributed by atoms with Crippen molar-refractivity contribution >= 4 is 11.9 Å². The van der Waals surface area contributed by atoms with Gasteiger partial charge in [0.05, 0.1) is 19.9 Å². The average molecular weight is 238 g/mol. The number of aromatic nitrogens is 3. The van der Waals surface area contributed by atoms with Crippen LogP contribution in [0.15, 0.2) is 6.33 Å². The van der Waals surface area contributed by atoms with E-state index in [2.05, 4.69) is 25.2 Å². The van der Waals surface area contributed by atoms with E-state index in [0.717, 1.165) is 32.3 Å². The van der Waals surface area contributed by atoms with Crippen LogP contribution in [0, 0.1) is 0 Å². The molecular formula is C10H18N6O. The lowest BCUT2D eigenvalue weighted by atomic mass is 10.4. The Balaban J connectivity index is 2.09. The van der Waals surface area contributed by atoms with Crippen LogP contribution in [0.25, 0.3) is 0 Å². The van der Waals surface area contributed by atoms with Crippen LogP contribution in [0.4, 0.5) is 11.9 Å². The van der Waals surface area contributed by atoms with Crippen LogP contribution >= 0.6 is 0 Å². The van der Waals surface area contributed by atoms with Crippen molar-refractivity contribution in [3.63, 3.8) is 0 Å². The number of nitrogens with one attached hydrogen (secondary N) is 1. The molecule has 0 radical (unpaired) electrons. The highest BCUT2D eigenvalue weighted by Gasteiger charge is 2.15. The van der Waals surface area contributed by atoms with E-state index in [9.17, 15) is 0 Å². The molecule has 0 aliphatic carbocycles. The standard InChI is InChI=1S/C10H18N6O/c1-11-8-15(2)9-12-7-13-10(14-9)16-3-5-17-6-4-16/h7,11H,3-6,8H2,1-2H3. The zero-order valence-electron chi connectivity index (χ0n) is 10.3. The summed E-state index contributed by atoms with van der Waals surface area (Å²) in [6.45, 7) is 3.83. The Labute approximate surface area is 101 Å². The molecule has 1 aliphatic rings. The summed E-state index contributed by atoms with van der Waals surface area (Å²) < 4.78 is 5.30. The predicted molar refractivity (Wildman–Crippen MR) is 65.2 cm³/mol. The zero-order chi connectivity index (χ0) is 12.1. The van der Waals surface area contributed by atoms with Crippen LogP contribution in [0.5, 0.6) is 0 Å². The maximum atomic E-state index is 5.30. The summed E-state index contributed by atoms with van der Waals surface area (Å²) in [6, 6.07) is 0. The lowest BCUT2D eigenvalue weighted by Gasteiger charge is -2.27. The SMILES string of the molecule is CNCN(C)c1ncnc(N2CCOCC2)n1. The second kappa shape index (κ2) is 5.74. The number of rotatable bonds is 4. The van der Waals surface area contributed by atoms with Crippen molar-refractivity contribution in [2.75, 3.05) is 56.9 Å². The van der Waals surface area contributed by atoms with Gasteiger partial charge in [-0.25, -0.2) is 9.97 Å². The normalized spacial score (nSPS) is 16.0. The molecule has 94 valence electrons. The van der Waals surface area contributed by atoms with Crippen LogP contribution in [-0.4, -0.2) is 62.0 Å². The van der Waals surface area contributed by atoms with E-state index in [-0.39, 0.29) is 0 Å². The molecule has 1 saturated heterocycles. The van der Waals surface area contributed by atoms with Gasteiger partial charge in [-0.15, -0.1) is 0 Å². The molecule has 17 heavy (non-hydrogen) atoms. The number of hydrogen-bond donors (Lipinski definition) is 1. The third-order valence-corrected chi connectivity index (χ3v) is 2.58. The molecule has 0 amide bonds. The van der Waals surface area contributed by atoms with Crippen molar-refractivity contribution in [1.82, 2.24) is 20.3 Å². The third kappa shape index (κ3) is 3.01. The molecule has 7 heteroatoms. The van der Waals surface area contributed by atoms with Gasteiger partial charge in [0.2, 0.25) is 11.9 Å². The molecule has 1 aromatic rings. The van der Waals surface area contributed by atoms with Crippen molar-refractivity contribution < 1.29 is 4.74 Å². The summed E-state index contributed by atoms with van der Waals surface area (Å²) in [6.07, 6.45) is 1.55. The molecule has 0 atom stereocenters. The first-order valence-corrected chi connectivity index (χ1v) is 5.68. The predicted octanol–water partition coefficient (Wildman–Crippen LogP) is -0.679. The fourth-order valence-electron chi connectivity index (χ4n) is 1.69. The van der Waals surface area contributed by atoms with Gasteiger partial charge in [0, 0.05) is 20.1 Å². The van der Waals surface area contributed by atoms with Crippen molar-refractivity contribution in [3.05, 3.63) is 6.33 Å². The summed E-state index contributed by atoms with van der Waals surface area (Å²) in [4.78, 5) is 16.9. The van der Waals surface area contributed by atoms with Gasteiger partial charge in [0.25, 0.3) is 0 Å². The molecule has 2 heterocycles. The Bertz CT molecular complexity index is 354. The van der Waals surface area contributed by atoms with Crippen molar-refractivity contribution in [1.29, 1.82) is 0 Å². The minimum Gasteiger partial charge on any atom is -0.378 e. The summed E-state index contributed by atoms with van der Waals surface area (Å²) in [5.41, 5.74) is 0. The molecule has 1 fully saturated rings. The van der Waals surface area contributed by atoms with Crippen LogP contribution in [0.1, 0.15) is 0 Å². The molecule has 0 spiro atoms. The topological polar surface area (TPSA) is 66.4 Å². The highest BCUT2D eigenvalue weighted by atomic mass is 16.5. The Morgan fingerprint density at radius 1 is 1.41 bits per heavy atom. The lowest BCUT2D eigenvalue weighted by molar-refractivity contribution is 0.122. The second-order valence-corrected chi connectivity index (χ2v) is 3.89. The molecule has 2 rings (SSSR count). The monoisotopic (exact) mass is 238 g/mol. The maximum Gasteiger partial charge on any atom is 0.230 e. The van der Waals surface area contributed by atoms with Crippen molar-refractivity contribution in [3.8, 4) is 0 Å². The Kier molecular flexibility index (Phi) is 4.05. The number of morpholine rings is 1. The van der Waals surface area contributed by atoms with Crippen molar-refractivity contribution in [2.45, 2.75) is 0 Å². The van der Waals surface area contributed by atoms with Crippen molar-refractivity contribution in [2.24, 2.45) is 0 Å². The van der Waals surface area contributed by atoms with E-state index in [1.807, 2.05) is 19.0 Å². The highest BCUT2D eigenvalue weighted by Crippen LogP contribution is 2.11. The summed E-state index contributed by atoms with van der Waals surface area (Å²) >= 11 is 0. The molecule has 1 aliphatic heterocycles. The van der Waals surface area contributed by atoms with Gasteiger partial charge in [-0.2, -0.15) is 4.98 Å².